The van der Waals surface area contributed by atoms with Gasteiger partial charge in [0.25, 0.3) is 5.69 Å². The molecular formula is C19H21N3O7S. The summed E-state index contributed by atoms with van der Waals surface area (Å²) in [5.41, 5.74) is 0.540. The van der Waals surface area contributed by atoms with Crippen LogP contribution >= 0.6 is 11.8 Å². The first-order valence-electron chi connectivity index (χ1n) is 9.40. The molecule has 0 aliphatic carbocycles. The van der Waals surface area contributed by atoms with Crippen LogP contribution in [0.5, 0.6) is 0 Å². The number of likely N-dealkylation sites (tertiary alicyclic amines) is 1. The highest BCUT2D eigenvalue weighted by Gasteiger charge is 2.41. The van der Waals surface area contributed by atoms with E-state index in [9.17, 15) is 29.3 Å². The molecule has 10 nitrogen and oxygen atoms in total. The number of non-ortho nitro benzene ring substituents is 1. The van der Waals surface area contributed by atoms with Gasteiger partial charge in [-0.05, 0) is 30.5 Å². The number of imide groups is 1. The van der Waals surface area contributed by atoms with Gasteiger partial charge in [0.1, 0.15) is 6.61 Å². The normalized spacial score (nSPS) is 23.4. The van der Waals surface area contributed by atoms with Crippen LogP contribution in [0.3, 0.4) is 0 Å². The minimum absolute atomic E-state index is 0.0572. The molecule has 1 unspecified atom stereocenters. The highest BCUT2D eigenvalue weighted by Crippen LogP contribution is 2.33. The predicted octanol–water partition coefficient (Wildman–Crippen LogP) is 2.01. The molecule has 1 aromatic rings. The zero-order valence-corrected chi connectivity index (χ0v) is 17.1. The number of hydrogen-bond acceptors (Lipinski definition) is 8. The number of nitrogens with one attached hydrogen (secondary N) is 1. The number of rotatable bonds is 6. The molecule has 0 bridgehead atoms. The fraction of sp³-hybridized carbons (Fsp3) is 0.474. The number of ether oxygens (including phenoxy) is 1. The number of carbonyl (C=O) groups is 4. The monoisotopic (exact) mass is 435 g/mol. The highest BCUT2D eigenvalue weighted by atomic mass is 32.2. The van der Waals surface area contributed by atoms with Crippen LogP contribution in [0.2, 0.25) is 0 Å². The number of thioether (sulfide) groups is 1. The van der Waals surface area contributed by atoms with Gasteiger partial charge in [0.2, 0.25) is 11.8 Å². The van der Waals surface area contributed by atoms with Crippen LogP contribution in [-0.2, 0) is 25.7 Å². The molecule has 2 heterocycles. The Bertz CT molecular complexity index is 873. The molecule has 0 aromatic heterocycles. The molecule has 3 rings (SSSR count). The fourth-order valence-corrected chi connectivity index (χ4v) is 4.73. The molecule has 2 aliphatic rings. The van der Waals surface area contributed by atoms with Gasteiger partial charge in [-0.1, -0.05) is 11.8 Å². The maximum Gasteiger partial charge on any atom is 0.410 e. The number of nitro benzene ring substituents is 1. The fourth-order valence-electron chi connectivity index (χ4n) is 3.71. The second kappa shape index (κ2) is 9.24. The second-order valence-electron chi connectivity index (χ2n) is 7.30. The van der Waals surface area contributed by atoms with E-state index in [1.807, 2.05) is 0 Å². The van der Waals surface area contributed by atoms with Crippen molar-refractivity contribution in [2.75, 3.05) is 6.54 Å². The van der Waals surface area contributed by atoms with Crippen molar-refractivity contribution in [2.45, 2.75) is 44.1 Å². The Labute approximate surface area is 176 Å². The Balaban J connectivity index is 1.63. The lowest BCUT2D eigenvalue weighted by Crippen LogP contribution is -2.38. The lowest BCUT2D eigenvalue weighted by atomic mass is 9.97. The van der Waals surface area contributed by atoms with Crippen molar-refractivity contribution in [1.29, 1.82) is 0 Å². The molecule has 3 atom stereocenters. The summed E-state index contributed by atoms with van der Waals surface area (Å²) in [5.74, 6) is -1.18. The molecule has 11 heteroatoms. The number of carbonyl (C=O) groups excluding carboxylic acids is 4. The molecule has 2 aliphatic heterocycles. The number of benzene rings is 1. The summed E-state index contributed by atoms with van der Waals surface area (Å²) < 4.78 is 5.36. The topological polar surface area (TPSA) is 136 Å². The van der Waals surface area contributed by atoms with Crippen molar-refractivity contribution in [2.24, 2.45) is 5.92 Å². The third-order valence-electron chi connectivity index (χ3n) is 5.07. The largest absolute Gasteiger partial charge is 0.445 e. The quantitative estimate of drug-likeness (QED) is 0.407. The molecular weight excluding hydrogens is 414 g/mol. The van der Waals surface area contributed by atoms with E-state index in [-0.39, 0.29) is 46.9 Å². The van der Waals surface area contributed by atoms with Gasteiger partial charge in [0.15, 0.2) is 5.12 Å². The molecule has 0 spiro atoms. The van der Waals surface area contributed by atoms with Crippen LogP contribution in [0.15, 0.2) is 24.3 Å². The maximum absolute atomic E-state index is 12.7. The van der Waals surface area contributed by atoms with Crippen LogP contribution in [0.25, 0.3) is 0 Å². The van der Waals surface area contributed by atoms with Gasteiger partial charge in [-0.2, -0.15) is 0 Å². The lowest BCUT2D eigenvalue weighted by molar-refractivity contribution is -0.384. The zero-order chi connectivity index (χ0) is 21.8. The first kappa shape index (κ1) is 21.8. The maximum atomic E-state index is 12.7. The van der Waals surface area contributed by atoms with Crippen LogP contribution in [0.1, 0.15) is 31.7 Å². The SMILES string of the molecule is CC(=O)S[C@H]1C[C@@H](CC2CC(=O)NC2=O)N(C(=O)OCc2ccc([N+](=O)[O-])cc2)C1. The Hall–Kier alpha value is -2.95. The molecule has 160 valence electrons. The number of amides is 3. The van der Waals surface area contributed by atoms with Crippen molar-refractivity contribution in [3.63, 3.8) is 0 Å². The van der Waals surface area contributed by atoms with Gasteiger partial charge < -0.3 is 9.64 Å². The number of nitro groups is 1. The summed E-state index contributed by atoms with van der Waals surface area (Å²) in [6.45, 7) is 1.70. The number of hydrogen-bond donors (Lipinski definition) is 1. The average molecular weight is 435 g/mol. The van der Waals surface area contributed by atoms with E-state index in [0.29, 0.717) is 24.9 Å². The van der Waals surface area contributed by atoms with Crippen molar-refractivity contribution >= 4 is 40.5 Å². The van der Waals surface area contributed by atoms with Gasteiger partial charge in [-0.25, -0.2) is 4.79 Å². The molecule has 3 amide bonds. The van der Waals surface area contributed by atoms with E-state index < -0.39 is 16.9 Å². The highest BCUT2D eigenvalue weighted by molar-refractivity contribution is 8.14. The van der Waals surface area contributed by atoms with Crippen LogP contribution in [-0.4, -0.2) is 50.7 Å². The summed E-state index contributed by atoms with van der Waals surface area (Å²) in [4.78, 5) is 59.3. The van der Waals surface area contributed by atoms with Gasteiger partial charge in [-0.3, -0.25) is 29.8 Å². The first-order chi connectivity index (χ1) is 14.2. The second-order valence-corrected chi connectivity index (χ2v) is 8.78. The van der Waals surface area contributed by atoms with Crippen molar-refractivity contribution in [1.82, 2.24) is 10.2 Å². The summed E-state index contributed by atoms with van der Waals surface area (Å²) in [6.07, 6.45) is 0.342. The van der Waals surface area contributed by atoms with E-state index in [2.05, 4.69) is 5.32 Å². The van der Waals surface area contributed by atoms with Crippen LogP contribution in [0.4, 0.5) is 10.5 Å². The van der Waals surface area contributed by atoms with Crippen molar-refractivity contribution < 1.29 is 28.8 Å². The Morgan fingerprint density at radius 3 is 2.57 bits per heavy atom. The van der Waals surface area contributed by atoms with E-state index >= 15 is 0 Å². The summed E-state index contributed by atoms with van der Waals surface area (Å²) >= 11 is 1.15. The molecule has 0 radical (unpaired) electrons. The van der Waals surface area contributed by atoms with Crippen molar-refractivity contribution in [3.05, 3.63) is 39.9 Å². The summed E-state index contributed by atoms with van der Waals surface area (Å²) in [6, 6.07) is 5.35. The molecule has 1 aromatic carbocycles. The Kier molecular flexibility index (Phi) is 6.70. The minimum atomic E-state index is -0.588. The summed E-state index contributed by atoms with van der Waals surface area (Å²) in [7, 11) is 0. The zero-order valence-electron chi connectivity index (χ0n) is 16.2. The van der Waals surface area contributed by atoms with Gasteiger partial charge in [0, 0.05) is 49.2 Å². The third-order valence-corrected chi connectivity index (χ3v) is 6.08. The Morgan fingerprint density at radius 1 is 1.30 bits per heavy atom. The molecule has 1 N–H and O–H groups in total. The first-order valence-corrected chi connectivity index (χ1v) is 10.3. The molecule has 30 heavy (non-hydrogen) atoms. The van der Waals surface area contributed by atoms with E-state index in [4.69, 9.17) is 4.74 Å². The van der Waals surface area contributed by atoms with E-state index in [1.54, 1.807) is 0 Å². The lowest BCUT2D eigenvalue weighted by Gasteiger charge is -2.25. The van der Waals surface area contributed by atoms with E-state index in [1.165, 1.54) is 36.1 Å². The average Bonchev–Trinajstić information content (AvgIpc) is 3.21. The smallest absolute Gasteiger partial charge is 0.410 e. The minimum Gasteiger partial charge on any atom is -0.445 e. The van der Waals surface area contributed by atoms with E-state index in [0.717, 1.165) is 11.8 Å². The number of nitrogens with zero attached hydrogens (tertiary/aromatic N) is 2. The summed E-state index contributed by atoms with van der Waals surface area (Å²) in [5, 5.41) is 12.8. The van der Waals surface area contributed by atoms with Gasteiger partial charge in [-0.15, -0.1) is 0 Å². The van der Waals surface area contributed by atoms with Crippen LogP contribution in [0, 0.1) is 16.0 Å². The van der Waals surface area contributed by atoms with Gasteiger partial charge in [0.05, 0.1) is 4.92 Å². The van der Waals surface area contributed by atoms with Crippen molar-refractivity contribution in [3.8, 4) is 0 Å². The van der Waals surface area contributed by atoms with Gasteiger partial charge >= 0.3 is 6.09 Å². The predicted molar refractivity (Wildman–Crippen MR) is 106 cm³/mol. The molecule has 0 saturated carbocycles. The van der Waals surface area contributed by atoms with Crippen LogP contribution < -0.4 is 5.32 Å². The Morgan fingerprint density at radius 2 is 2.00 bits per heavy atom. The standard InChI is InChI=1S/C19H21N3O7S/c1-11(23)30-16-8-15(6-13-7-17(24)20-18(13)25)21(9-16)19(26)29-10-12-2-4-14(5-3-12)22(27)28/h2-5,13,15-16H,6-10H2,1H3,(H,20,24,25)/t13?,15-,16+/m1/s1. The third kappa shape index (κ3) is 5.35. The molecule has 2 saturated heterocycles. The molecule has 2 fully saturated rings.